The number of hydrogen-bond donors (Lipinski definition) is 1. The van der Waals surface area contributed by atoms with E-state index in [1.165, 1.54) is 0 Å². The molecule has 0 saturated heterocycles. The molecule has 3 aromatic carbocycles. The van der Waals surface area contributed by atoms with Gasteiger partial charge in [-0.25, -0.2) is 0 Å². The van der Waals surface area contributed by atoms with Crippen molar-refractivity contribution in [3.05, 3.63) is 89.0 Å². The molecular formula is C26H26N2O3. The van der Waals surface area contributed by atoms with E-state index < -0.39 is 5.60 Å². The number of aryl methyl sites for hydroxylation is 2. The van der Waals surface area contributed by atoms with E-state index >= 15 is 0 Å². The first-order valence-electron chi connectivity index (χ1n) is 10.3. The highest BCUT2D eigenvalue weighted by atomic mass is 16.5. The minimum Gasteiger partial charge on any atom is -0.476 e. The average molecular weight is 415 g/mol. The van der Waals surface area contributed by atoms with E-state index in [-0.39, 0.29) is 11.8 Å². The average Bonchev–Trinajstić information content (AvgIpc) is 2.74. The number of nitrogens with zero attached hydrogens (tertiary/aromatic N) is 1. The van der Waals surface area contributed by atoms with Crippen molar-refractivity contribution < 1.29 is 14.3 Å². The Kier molecular flexibility index (Phi) is 5.27. The third-order valence-electron chi connectivity index (χ3n) is 5.41. The Balaban J connectivity index is 1.66. The molecule has 3 aromatic rings. The molecule has 0 spiro atoms. The first kappa shape index (κ1) is 20.7. The van der Waals surface area contributed by atoms with E-state index in [0.29, 0.717) is 23.5 Å². The first-order chi connectivity index (χ1) is 14.7. The van der Waals surface area contributed by atoms with Crippen LogP contribution in [0.15, 0.2) is 66.7 Å². The van der Waals surface area contributed by atoms with E-state index in [4.69, 9.17) is 4.74 Å². The zero-order valence-corrected chi connectivity index (χ0v) is 18.2. The number of carbonyl (C=O) groups excluding carboxylic acids is 2. The topological polar surface area (TPSA) is 58.6 Å². The maximum atomic E-state index is 13.2. The molecule has 0 fully saturated rings. The summed E-state index contributed by atoms with van der Waals surface area (Å²) in [5, 5.41) is 2.91. The van der Waals surface area contributed by atoms with Gasteiger partial charge in [-0.15, -0.1) is 0 Å². The molecule has 1 N–H and O–H groups in total. The second-order valence-electron chi connectivity index (χ2n) is 8.49. The normalized spacial score (nSPS) is 14.6. The third-order valence-corrected chi connectivity index (χ3v) is 5.41. The van der Waals surface area contributed by atoms with Gasteiger partial charge in [-0.3, -0.25) is 9.59 Å². The smallest absolute Gasteiger partial charge is 0.271 e. The largest absolute Gasteiger partial charge is 0.476 e. The number of benzene rings is 3. The number of hydrogen-bond acceptors (Lipinski definition) is 3. The summed E-state index contributed by atoms with van der Waals surface area (Å²) in [5.74, 6) is 0.208. The summed E-state index contributed by atoms with van der Waals surface area (Å²) >= 11 is 0. The van der Waals surface area contributed by atoms with Crippen LogP contribution < -0.4 is 15.0 Å². The Morgan fingerprint density at radius 2 is 1.55 bits per heavy atom. The zero-order valence-electron chi connectivity index (χ0n) is 18.2. The van der Waals surface area contributed by atoms with Crippen LogP contribution in [0.5, 0.6) is 5.75 Å². The van der Waals surface area contributed by atoms with Crippen molar-refractivity contribution in [3.63, 3.8) is 0 Å². The maximum absolute atomic E-state index is 13.2. The highest BCUT2D eigenvalue weighted by molar-refractivity contribution is 6.07. The van der Waals surface area contributed by atoms with Crippen LogP contribution in [0.1, 0.15) is 40.9 Å². The molecule has 0 radical (unpaired) electrons. The molecule has 0 atom stereocenters. The number of fused-ring (bicyclic) bond motifs is 1. The molecule has 1 heterocycles. The molecule has 5 nitrogen and oxygen atoms in total. The highest BCUT2D eigenvalue weighted by Gasteiger charge is 2.41. The fourth-order valence-corrected chi connectivity index (χ4v) is 3.58. The van der Waals surface area contributed by atoms with Gasteiger partial charge in [0.25, 0.3) is 11.8 Å². The van der Waals surface area contributed by atoms with Gasteiger partial charge >= 0.3 is 0 Å². The van der Waals surface area contributed by atoms with Crippen LogP contribution in [0.25, 0.3) is 0 Å². The van der Waals surface area contributed by atoms with Crippen LogP contribution in [0, 0.1) is 13.8 Å². The molecule has 31 heavy (non-hydrogen) atoms. The van der Waals surface area contributed by atoms with Gasteiger partial charge in [-0.1, -0.05) is 47.5 Å². The molecule has 0 bridgehead atoms. The Morgan fingerprint density at radius 3 is 2.19 bits per heavy atom. The van der Waals surface area contributed by atoms with Gasteiger partial charge in [0.2, 0.25) is 0 Å². The monoisotopic (exact) mass is 414 g/mol. The summed E-state index contributed by atoms with van der Waals surface area (Å²) in [6.07, 6.45) is 0. The zero-order chi connectivity index (χ0) is 22.2. The minimum absolute atomic E-state index is 0.142. The second-order valence-corrected chi connectivity index (χ2v) is 8.49. The van der Waals surface area contributed by atoms with Crippen LogP contribution in [-0.4, -0.2) is 17.4 Å². The molecule has 158 valence electrons. The molecule has 0 aliphatic carbocycles. The van der Waals surface area contributed by atoms with Crippen LogP contribution in [0.2, 0.25) is 0 Å². The number of amides is 2. The van der Waals surface area contributed by atoms with Gasteiger partial charge in [0.15, 0.2) is 5.60 Å². The lowest BCUT2D eigenvalue weighted by molar-refractivity contribution is -0.132. The van der Waals surface area contributed by atoms with Crippen molar-refractivity contribution >= 4 is 23.2 Å². The van der Waals surface area contributed by atoms with E-state index in [0.717, 1.165) is 22.4 Å². The van der Waals surface area contributed by atoms with Gasteiger partial charge in [0, 0.05) is 11.3 Å². The molecular weight excluding hydrogens is 388 g/mol. The lowest BCUT2D eigenvalue weighted by Crippen LogP contribution is -2.52. The van der Waals surface area contributed by atoms with E-state index in [1.54, 1.807) is 36.9 Å². The van der Waals surface area contributed by atoms with E-state index in [1.807, 2.05) is 62.4 Å². The fourth-order valence-electron chi connectivity index (χ4n) is 3.58. The van der Waals surface area contributed by atoms with Crippen LogP contribution in [0.4, 0.5) is 11.4 Å². The molecule has 5 heteroatoms. The lowest BCUT2D eigenvalue weighted by atomic mass is 10.0. The van der Waals surface area contributed by atoms with Crippen molar-refractivity contribution in [2.75, 3.05) is 10.2 Å². The predicted molar refractivity (Wildman–Crippen MR) is 123 cm³/mol. The molecule has 1 aliphatic rings. The second kappa shape index (κ2) is 7.91. The molecule has 2 amide bonds. The highest BCUT2D eigenvalue weighted by Crippen LogP contribution is 2.39. The van der Waals surface area contributed by atoms with Crippen molar-refractivity contribution in [1.82, 2.24) is 0 Å². The van der Waals surface area contributed by atoms with Gasteiger partial charge in [0.05, 0.1) is 12.2 Å². The van der Waals surface area contributed by atoms with E-state index in [9.17, 15) is 9.59 Å². The first-order valence-corrected chi connectivity index (χ1v) is 10.3. The maximum Gasteiger partial charge on any atom is 0.271 e. The molecule has 0 aromatic heterocycles. The Morgan fingerprint density at radius 1 is 0.935 bits per heavy atom. The standard InChI is InChI=1S/C26H26N2O3/c1-17-5-9-19(10-6-17)16-28-22-15-20(11-14-23(22)31-26(3,4)25(28)30)24(29)27-21-12-7-18(2)8-13-21/h5-15H,16H2,1-4H3,(H,27,29). The Labute approximate surface area is 182 Å². The van der Waals surface area contributed by atoms with Crippen molar-refractivity contribution in [2.24, 2.45) is 0 Å². The van der Waals surface area contributed by atoms with Gasteiger partial charge in [-0.05, 0) is 63.6 Å². The van der Waals surface area contributed by atoms with Crippen LogP contribution in [-0.2, 0) is 11.3 Å². The number of anilines is 2. The molecule has 4 rings (SSSR count). The van der Waals surface area contributed by atoms with Crippen molar-refractivity contribution in [2.45, 2.75) is 39.8 Å². The Bertz CT molecular complexity index is 1130. The van der Waals surface area contributed by atoms with Gasteiger partial charge in [-0.2, -0.15) is 0 Å². The number of rotatable bonds is 4. The summed E-state index contributed by atoms with van der Waals surface area (Å²) in [4.78, 5) is 27.7. The lowest BCUT2D eigenvalue weighted by Gasteiger charge is -2.39. The quantitative estimate of drug-likeness (QED) is 0.634. The summed E-state index contributed by atoms with van der Waals surface area (Å²) in [6, 6.07) is 20.9. The summed E-state index contributed by atoms with van der Waals surface area (Å²) in [5.41, 5.74) is 4.09. The molecule has 1 aliphatic heterocycles. The summed E-state index contributed by atoms with van der Waals surface area (Å²) in [7, 11) is 0. The number of nitrogens with one attached hydrogen (secondary N) is 1. The minimum atomic E-state index is -0.983. The predicted octanol–water partition coefficient (Wildman–Crippen LogP) is 5.26. The van der Waals surface area contributed by atoms with Gasteiger partial charge in [0.1, 0.15) is 5.75 Å². The van der Waals surface area contributed by atoms with Gasteiger partial charge < -0.3 is 15.0 Å². The Hall–Kier alpha value is -3.60. The number of ether oxygens (including phenoxy) is 1. The van der Waals surface area contributed by atoms with Crippen molar-refractivity contribution in [1.29, 1.82) is 0 Å². The van der Waals surface area contributed by atoms with Crippen LogP contribution >= 0.6 is 0 Å². The van der Waals surface area contributed by atoms with Crippen LogP contribution in [0.3, 0.4) is 0 Å². The third kappa shape index (κ3) is 4.31. The number of carbonyl (C=O) groups is 2. The summed E-state index contributed by atoms with van der Waals surface area (Å²) < 4.78 is 5.96. The molecule has 0 unspecified atom stereocenters. The summed E-state index contributed by atoms with van der Waals surface area (Å²) in [6.45, 7) is 7.95. The van der Waals surface area contributed by atoms with Crippen molar-refractivity contribution in [3.8, 4) is 5.75 Å². The fraction of sp³-hybridized carbons (Fsp3) is 0.231. The SMILES string of the molecule is Cc1ccc(CN2C(=O)C(C)(C)Oc3ccc(C(=O)Nc4ccc(C)cc4)cc32)cc1. The molecule has 0 saturated carbocycles. The van der Waals surface area contributed by atoms with E-state index in [2.05, 4.69) is 5.32 Å².